The molecule has 122 valence electrons. The van der Waals surface area contributed by atoms with Crippen LogP contribution in [0.2, 0.25) is 5.28 Å². The Morgan fingerprint density at radius 3 is 2.95 bits per heavy atom. The van der Waals surface area contributed by atoms with Gasteiger partial charge in [-0.1, -0.05) is 20.3 Å². The van der Waals surface area contributed by atoms with E-state index in [1.807, 2.05) is 0 Å². The van der Waals surface area contributed by atoms with Crippen molar-refractivity contribution >= 4 is 29.1 Å². The smallest absolute Gasteiger partial charge is 0.305 e. The molecule has 1 aromatic heterocycles. The predicted molar refractivity (Wildman–Crippen MR) is 86.9 cm³/mol. The van der Waals surface area contributed by atoms with E-state index >= 15 is 0 Å². The van der Waals surface area contributed by atoms with Gasteiger partial charge in [0.2, 0.25) is 5.28 Å². The van der Waals surface area contributed by atoms with Gasteiger partial charge in [-0.2, -0.15) is 4.98 Å². The van der Waals surface area contributed by atoms with E-state index in [0.717, 1.165) is 6.42 Å². The lowest BCUT2D eigenvalue weighted by Crippen LogP contribution is -2.40. The largest absolute Gasteiger partial charge is 0.464 e. The Bertz CT molecular complexity index is 526. The van der Waals surface area contributed by atoms with Crippen molar-refractivity contribution in [3.8, 4) is 0 Å². The number of nitrogens with two attached hydrogens (primary N) is 1. The van der Waals surface area contributed by atoms with Crippen LogP contribution in [0, 0.1) is 5.92 Å². The first-order valence-corrected chi connectivity index (χ1v) is 8.11. The highest BCUT2D eigenvalue weighted by molar-refractivity contribution is 6.28. The van der Waals surface area contributed by atoms with Gasteiger partial charge in [0.05, 0.1) is 18.4 Å². The van der Waals surface area contributed by atoms with E-state index in [9.17, 15) is 4.79 Å². The Kier molecular flexibility index (Phi) is 5.83. The number of nitrogens with zero attached hydrogens (tertiary/aromatic N) is 3. The summed E-state index contributed by atoms with van der Waals surface area (Å²) in [6, 6.07) is 0.327. The summed E-state index contributed by atoms with van der Waals surface area (Å²) in [7, 11) is 0. The highest BCUT2D eigenvalue weighted by atomic mass is 35.5. The molecule has 2 N–H and O–H groups in total. The molecule has 1 saturated carbocycles. The van der Waals surface area contributed by atoms with Crippen molar-refractivity contribution in [2.24, 2.45) is 5.92 Å². The molecule has 22 heavy (non-hydrogen) atoms. The van der Waals surface area contributed by atoms with E-state index in [2.05, 4.69) is 21.8 Å². The molecule has 1 fully saturated rings. The zero-order chi connectivity index (χ0) is 16.1. The standard InChI is InChI=1S/C15H23ClN4O2/c1-3-13(21)22-8-7-20(12-6-4-5-10(12)2)14-11(17)9-18-15(16)19-14/h9-10,12H,3-8,17H2,1-2H3. The summed E-state index contributed by atoms with van der Waals surface area (Å²) in [5, 5.41) is 0.172. The molecule has 1 heterocycles. The van der Waals surface area contributed by atoms with Crippen molar-refractivity contribution in [1.82, 2.24) is 9.97 Å². The molecule has 2 atom stereocenters. The molecule has 0 radical (unpaired) electrons. The molecule has 1 aliphatic carbocycles. The lowest BCUT2D eigenvalue weighted by Gasteiger charge is -2.33. The average Bonchev–Trinajstić information content (AvgIpc) is 2.92. The molecule has 0 aliphatic heterocycles. The van der Waals surface area contributed by atoms with Crippen LogP contribution in [0.3, 0.4) is 0 Å². The van der Waals surface area contributed by atoms with Crippen LogP contribution in [0.5, 0.6) is 0 Å². The number of hydrogen-bond acceptors (Lipinski definition) is 6. The number of carbonyl (C=O) groups excluding carboxylic acids is 1. The van der Waals surface area contributed by atoms with Gasteiger partial charge in [-0.05, 0) is 30.4 Å². The van der Waals surface area contributed by atoms with Gasteiger partial charge < -0.3 is 15.4 Å². The Hall–Kier alpha value is -1.56. The SMILES string of the molecule is CCC(=O)OCCN(c1nc(Cl)ncc1N)C1CCCC1C. The number of halogens is 1. The topological polar surface area (TPSA) is 81.3 Å². The first-order valence-electron chi connectivity index (χ1n) is 7.73. The number of ether oxygens (including phenoxy) is 1. The maximum absolute atomic E-state index is 11.3. The van der Waals surface area contributed by atoms with Crippen molar-refractivity contribution in [3.05, 3.63) is 11.5 Å². The maximum Gasteiger partial charge on any atom is 0.305 e. The third kappa shape index (κ3) is 4.00. The number of hydrogen-bond donors (Lipinski definition) is 1. The lowest BCUT2D eigenvalue weighted by molar-refractivity contribution is -0.142. The molecule has 6 nitrogen and oxygen atoms in total. The fourth-order valence-corrected chi connectivity index (χ4v) is 3.10. The summed E-state index contributed by atoms with van der Waals surface area (Å²) < 4.78 is 5.21. The number of carbonyl (C=O) groups is 1. The minimum absolute atomic E-state index is 0.172. The Morgan fingerprint density at radius 1 is 1.55 bits per heavy atom. The minimum Gasteiger partial charge on any atom is -0.464 e. The van der Waals surface area contributed by atoms with Gasteiger partial charge in [-0.25, -0.2) is 4.98 Å². The number of anilines is 2. The molecular formula is C15H23ClN4O2. The molecule has 0 saturated heterocycles. The summed E-state index contributed by atoms with van der Waals surface area (Å²) in [6.45, 7) is 4.87. The molecule has 0 spiro atoms. The Balaban J connectivity index is 2.17. The highest BCUT2D eigenvalue weighted by Gasteiger charge is 2.31. The van der Waals surface area contributed by atoms with Gasteiger partial charge in [-0.3, -0.25) is 4.79 Å². The van der Waals surface area contributed by atoms with E-state index in [4.69, 9.17) is 22.1 Å². The van der Waals surface area contributed by atoms with E-state index in [0.29, 0.717) is 43.0 Å². The van der Waals surface area contributed by atoms with Crippen molar-refractivity contribution in [1.29, 1.82) is 0 Å². The number of rotatable bonds is 6. The van der Waals surface area contributed by atoms with Crippen molar-refractivity contribution in [2.75, 3.05) is 23.8 Å². The van der Waals surface area contributed by atoms with Gasteiger partial charge >= 0.3 is 5.97 Å². The second kappa shape index (κ2) is 7.63. The molecule has 0 aromatic carbocycles. The fourth-order valence-electron chi connectivity index (χ4n) is 2.97. The van der Waals surface area contributed by atoms with Gasteiger partial charge in [0, 0.05) is 12.5 Å². The molecule has 0 amide bonds. The van der Waals surface area contributed by atoms with Crippen molar-refractivity contribution in [3.63, 3.8) is 0 Å². The summed E-state index contributed by atoms with van der Waals surface area (Å²) in [5.74, 6) is 0.967. The third-order valence-electron chi connectivity index (χ3n) is 4.14. The first-order chi connectivity index (χ1) is 10.5. The normalized spacial score (nSPS) is 20.9. The highest BCUT2D eigenvalue weighted by Crippen LogP contribution is 2.34. The molecular weight excluding hydrogens is 304 g/mol. The molecule has 1 aliphatic rings. The van der Waals surface area contributed by atoms with Crippen LogP contribution in [0.4, 0.5) is 11.5 Å². The average molecular weight is 327 g/mol. The second-order valence-corrected chi connectivity index (χ2v) is 6.00. The van der Waals surface area contributed by atoms with Crippen molar-refractivity contribution < 1.29 is 9.53 Å². The van der Waals surface area contributed by atoms with E-state index in [1.54, 1.807) is 6.92 Å². The molecule has 7 heteroatoms. The van der Waals surface area contributed by atoms with E-state index < -0.39 is 0 Å². The van der Waals surface area contributed by atoms with Crippen LogP contribution in [0.25, 0.3) is 0 Å². The van der Waals surface area contributed by atoms with E-state index in [-0.39, 0.29) is 11.3 Å². The molecule has 2 unspecified atom stereocenters. The monoisotopic (exact) mass is 326 g/mol. The zero-order valence-corrected chi connectivity index (χ0v) is 13.8. The van der Waals surface area contributed by atoms with E-state index in [1.165, 1.54) is 19.0 Å². The van der Waals surface area contributed by atoms with Crippen molar-refractivity contribution in [2.45, 2.75) is 45.6 Å². The van der Waals surface area contributed by atoms with Gasteiger partial charge in [0.1, 0.15) is 6.61 Å². The summed E-state index contributed by atoms with van der Waals surface area (Å²) in [6.07, 6.45) is 5.32. The van der Waals surface area contributed by atoms with Crippen LogP contribution >= 0.6 is 11.6 Å². The first kappa shape index (κ1) is 16.8. The third-order valence-corrected chi connectivity index (χ3v) is 4.32. The number of aromatic nitrogens is 2. The molecule has 1 aromatic rings. The summed E-state index contributed by atoms with van der Waals surface area (Å²) in [4.78, 5) is 21.6. The van der Waals surface area contributed by atoms with Gasteiger partial charge in [-0.15, -0.1) is 0 Å². The van der Waals surface area contributed by atoms with Crippen LogP contribution in [-0.2, 0) is 9.53 Å². The predicted octanol–water partition coefficient (Wildman–Crippen LogP) is 2.66. The minimum atomic E-state index is -0.201. The fraction of sp³-hybridized carbons (Fsp3) is 0.667. The summed E-state index contributed by atoms with van der Waals surface area (Å²) >= 11 is 5.92. The van der Waals surface area contributed by atoms with Crippen LogP contribution in [0.1, 0.15) is 39.5 Å². The maximum atomic E-state index is 11.3. The Labute approximate surface area is 136 Å². The second-order valence-electron chi connectivity index (χ2n) is 5.66. The molecule has 0 bridgehead atoms. The molecule has 2 rings (SSSR count). The van der Waals surface area contributed by atoms with Gasteiger partial charge in [0.25, 0.3) is 0 Å². The quantitative estimate of drug-likeness (QED) is 0.639. The number of esters is 1. The van der Waals surface area contributed by atoms with Crippen LogP contribution in [-0.4, -0.2) is 35.1 Å². The van der Waals surface area contributed by atoms with Crippen LogP contribution < -0.4 is 10.6 Å². The lowest BCUT2D eigenvalue weighted by atomic mass is 10.0. The van der Waals surface area contributed by atoms with Gasteiger partial charge in [0.15, 0.2) is 5.82 Å². The zero-order valence-electron chi connectivity index (χ0n) is 13.1. The Morgan fingerprint density at radius 2 is 2.32 bits per heavy atom. The summed E-state index contributed by atoms with van der Waals surface area (Å²) in [5.41, 5.74) is 6.52. The van der Waals surface area contributed by atoms with Crippen LogP contribution in [0.15, 0.2) is 6.20 Å². The number of nitrogen functional groups attached to an aromatic ring is 1.